The first kappa shape index (κ1) is 18.5. The molecular weight excluding hydrogens is 278 g/mol. The second-order valence-electron chi connectivity index (χ2n) is 4.87. The second kappa shape index (κ2) is 12.0. The lowest BCUT2D eigenvalue weighted by atomic mass is 10.1. The maximum Gasteiger partial charge on any atom is 0.191 e. The van der Waals surface area contributed by atoms with Crippen molar-refractivity contribution < 1.29 is 9.47 Å². The van der Waals surface area contributed by atoms with Gasteiger partial charge in [0, 0.05) is 33.4 Å². The average molecular weight is 307 g/mol. The summed E-state index contributed by atoms with van der Waals surface area (Å²) < 4.78 is 10.6. The smallest absolute Gasteiger partial charge is 0.191 e. The van der Waals surface area contributed by atoms with Crippen molar-refractivity contribution >= 4 is 5.96 Å². The van der Waals surface area contributed by atoms with Gasteiger partial charge in [-0.25, -0.2) is 4.99 Å². The fourth-order valence-electron chi connectivity index (χ4n) is 2.04. The number of guanidine groups is 1. The Hall–Kier alpha value is -1.59. The van der Waals surface area contributed by atoms with Gasteiger partial charge in [-0.1, -0.05) is 24.3 Å². The molecule has 1 aromatic carbocycles. The van der Waals surface area contributed by atoms with Gasteiger partial charge in [0.1, 0.15) is 0 Å². The van der Waals surface area contributed by atoms with E-state index in [9.17, 15) is 0 Å². The van der Waals surface area contributed by atoms with E-state index >= 15 is 0 Å². The molecule has 0 spiro atoms. The summed E-state index contributed by atoms with van der Waals surface area (Å²) in [5.41, 5.74) is 2.37. The minimum Gasteiger partial charge on any atom is -0.382 e. The van der Waals surface area contributed by atoms with Gasteiger partial charge >= 0.3 is 0 Å². The highest BCUT2D eigenvalue weighted by Crippen LogP contribution is 2.11. The molecule has 0 radical (unpaired) electrons. The van der Waals surface area contributed by atoms with Gasteiger partial charge in [-0.3, -0.25) is 0 Å². The van der Waals surface area contributed by atoms with Crippen LogP contribution in [0.3, 0.4) is 0 Å². The summed E-state index contributed by atoms with van der Waals surface area (Å²) in [6.45, 7) is 8.57. The monoisotopic (exact) mass is 307 g/mol. The first-order valence-electron chi connectivity index (χ1n) is 7.97. The van der Waals surface area contributed by atoms with E-state index < -0.39 is 0 Å². The number of hydrogen-bond donors (Lipinski definition) is 2. The average Bonchev–Trinajstić information content (AvgIpc) is 2.54. The molecule has 0 aliphatic carbocycles. The Morgan fingerprint density at radius 2 is 1.91 bits per heavy atom. The van der Waals surface area contributed by atoms with Crippen molar-refractivity contribution in [2.45, 2.75) is 33.4 Å². The Morgan fingerprint density at radius 1 is 1.14 bits per heavy atom. The molecule has 0 fully saturated rings. The zero-order valence-corrected chi connectivity index (χ0v) is 14.0. The molecule has 124 valence electrons. The number of rotatable bonds is 10. The number of benzene rings is 1. The van der Waals surface area contributed by atoms with Crippen LogP contribution in [-0.4, -0.2) is 39.4 Å². The van der Waals surface area contributed by atoms with Crippen molar-refractivity contribution in [3.8, 4) is 0 Å². The fourth-order valence-corrected chi connectivity index (χ4v) is 2.04. The third-order valence-electron chi connectivity index (χ3n) is 3.13. The van der Waals surface area contributed by atoms with Crippen molar-refractivity contribution in [1.29, 1.82) is 0 Å². The molecule has 0 saturated carbocycles. The highest BCUT2D eigenvalue weighted by molar-refractivity contribution is 5.79. The fraction of sp³-hybridized carbons (Fsp3) is 0.588. The van der Waals surface area contributed by atoms with Gasteiger partial charge in [-0.2, -0.15) is 0 Å². The van der Waals surface area contributed by atoms with Crippen LogP contribution in [0.15, 0.2) is 29.3 Å². The third kappa shape index (κ3) is 7.43. The summed E-state index contributed by atoms with van der Waals surface area (Å²) >= 11 is 0. The van der Waals surface area contributed by atoms with E-state index in [2.05, 4.69) is 34.7 Å². The molecule has 22 heavy (non-hydrogen) atoms. The maximum atomic E-state index is 5.33. The first-order chi connectivity index (χ1) is 10.8. The van der Waals surface area contributed by atoms with E-state index in [-0.39, 0.29) is 0 Å². The van der Waals surface area contributed by atoms with Gasteiger partial charge in [-0.15, -0.1) is 0 Å². The standard InChI is InChI=1S/C17H29N3O2/c1-4-18-17(19-11-8-12-22-5-2)20-13-15-9-6-7-10-16(15)14-21-3/h6-7,9-10H,4-5,8,11-14H2,1-3H3,(H2,18,19,20). The van der Waals surface area contributed by atoms with Gasteiger partial charge in [0.05, 0.1) is 13.2 Å². The van der Waals surface area contributed by atoms with Crippen LogP contribution in [0.5, 0.6) is 0 Å². The number of hydrogen-bond acceptors (Lipinski definition) is 3. The molecule has 1 aromatic rings. The Kier molecular flexibility index (Phi) is 10.1. The number of aliphatic imine (C=N–C) groups is 1. The summed E-state index contributed by atoms with van der Waals surface area (Å²) in [7, 11) is 1.71. The molecule has 0 aliphatic heterocycles. The van der Waals surface area contributed by atoms with Crippen LogP contribution in [0.2, 0.25) is 0 Å². The van der Waals surface area contributed by atoms with Crippen molar-refractivity contribution in [3.05, 3.63) is 35.4 Å². The van der Waals surface area contributed by atoms with Crippen molar-refractivity contribution in [2.75, 3.05) is 33.4 Å². The van der Waals surface area contributed by atoms with Crippen LogP contribution in [0, 0.1) is 0 Å². The number of nitrogens with one attached hydrogen (secondary N) is 2. The number of nitrogens with zero attached hydrogens (tertiary/aromatic N) is 1. The largest absolute Gasteiger partial charge is 0.382 e. The Morgan fingerprint density at radius 3 is 2.59 bits per heavy atom. The topological polar surface area (TPSA) is 54.9 Å². The molecule has 0 aromatic heterocycles. The molecule has 2 N–H and O–H groups in total. The van der Waals surface area contributed by atoms with Crippen molar-refractivity contribution in [1.82, 2.24) is 10.6 Å². The SMILES string of the molecule is CCNC(=NCc1ccccc1COC)NCCCOCC. The zero-order valence-electron chi connectivity index (χ0n) is 14.0. The molecule has 1 rings (SSSR count). The summed E-state index contributed by atoms with van der Waals surface area (Å²) in [6.07, 6.45) is 0.971. The highest BCUT2D eigenvalue weighted by atomic mass is 16.5. The van der Waals surface area contributed by atoms with Crippen LogP contribution in [-0.2, 0) is 22.6 Å². The van der Waals surface area contributed by atoms with Crippen LogP contribution >= 0.6 is 0 Å². The van der Waals surface area contributed by atoms with Gasteiger partial charge in [0.2, 0.25) is 0 Å². The van der Waals surface area contributed by atoms with E-state index in [0.717, 1.165) is 38.7 Å². The Balaban J connectivity index is 2.54. The summed E-state index contributed by atoms with van der Waals surface area (Å²) in [5.74, 6) is 0.839. The molecular formula is C17H29N3O2. The quantitative estimate of drug-likeness (QED) is 0.396. The van der Waals surface area contributed by atoms with E-state index in [1.807, 2.05) is 19.1 Å². The normalized spacial score (nSPS) is 11.5. The zero-order chi connectivity index (χ0) is 16.0. The summed E-state index contributed by atoms with van der Waals surface area (Å²) in [4.78, 5) is 4.64. The second-order valence-corrected chi connectivity index (χ2v) is 4.87. The van der Waals surface area contributed by atoms with Crippen LogP contribution in [0.4, 0.5) is 0 Å². The number of ether oxygens (including phenoxy) is 2. The van der Waals surface area contributed by atoms with Crippen LogP contribution in [0.25, 0.3) is 0 Å². The van der Waals surface area contributed by atoms with Gasteiger partial charge in [-0.05, 0) is 31.4 Å². The van der Waals surface area contributed by atoms with Crippen molar-refractivity contribution in [2.24, 2.45) is 4.99 Å². The molecule has 0 unspecified atom stereocenters. The predicted octanol–water partition coefficient (Wildman–Crippen LogP) is 2.31. The molecule has 0 atom stereocenters. The molecule has 5 nitrogen and oxygen atoms in total. The molecule has 0 heterocycles. The van der Waals surface area contributed by atoms with E-state index in [1.165, 1.54) is 11.1 Å². The van der Waals surface area contributed by atoms with Crippen molar-refractivity contribution in [3.63, 3.8) is 0 Å². The maximum absolute atomic E-state index is 5.33. The lowest BCUT2D eigenvalue weighted by Crippen LogP contribution is -2.38. The molecule has 0 amide bonds. The van der Waals surface area contributed by atoms with E-state index in [1.54, 1.807) is 7.11 Å². The summed E-state index contributed by atoms with van der Waals surface area (Å²) in [6, 6.07) is 8.23. The number of methoxy groups -OCH3 is 1. The third-order valence-corrected chi connectivity index (χ3v) is 3.13. The Bertz CT molecular complexity index is 436. The molecule has 0 bridgehead atoms. The van der Waals surface area contributed by atoms with Gasteiger partial charge < -0.3 is 20.1 Å². The molecule has 5 heteroatoms. The van der Waals surface area contributed by atoms with Crippen LogP contribution < -0.4 is 10.6 Å². The predicted molar refractivity (Wildman–Crippen MR) is 91.1 cm³/mol. The highest BCUT2D eigenvalue weighted by Gasteiger charge is 2.02. The van der Waals surface area contributed by atoms with E-state index in [0.29, 0.717) is 13.2 Å². The van der Waals surface area contributed by atoms with Gasteiger partial charge in [0.15, 0.2) is 5.96 Å². The minimum absolute atomic E-state index is 0.615. The first-order valence-corrected chi connectivity index (χ1v) is 7.97. The van der Waals surface area contributed by atoms with E-state index in [4.69, 9.17) is 9.47 Å². The summed E-state index contributed by atoms with van der Waals surface area (Å²) in [5, 5.41) is 6.59. The molecule has 0 saturated heterocycles. The minimum atomic E-state index is 0.615. The Labute approximate surface area is 134 Å². The van der Waals surface area contributed by atoms with Crippen LogP contribution in [0.1, 0.15) is 31.4 Å². The molecule has 0 aliphatic rings. The lowest BCUT2D eigenvalue weighted by Gasteiger charge is -2.12. The lowest BCUT2D eigenvalue weighted by molar-refractivity contribution is 0.145. The van der Waals surface area contributed by atoms with Gasteiger partial charge in [0.25, 0.3) is 0 Å².